The molecule has 2 heterocycles. The fraction of sp³-hybridized carbons (Fsp3) is 0.0645. The van der Waals surface area contributed by atoms with Gasteiger partial charge in [-0.1, -0.05) is 188 Å². The highest BCUT2D eigenvalue weighted by molar-refractivity contribution is 6.14. The van der Waals surface area contributed by atoms with Crippen molar-refractivity contribution < 1.29 is 4.42 Å². The molecule has 3 heteroatoms. The van der Waals surface area contributed by atoms with Gasteiger partial charge in [0.05, 0.1) is 12.1 Å². The van der Waals surface area contributed by atoms with Crippen LogP contribution < -0.4 is 4.90 Å². The van der Waals surface area contributed by atoms with Crippen LogP contribution in [0.25, 0.3) is 94.0 Å². The van der Waals surface area contributed by atoms with Gasteiger partial charge in [0.25, 0.3) is 0 Å². The Balaban J connectivity index is 0.965. The molecular weight excluding hydrogens is 789 g/mol. The van der Waals surface area contributed by atoms with E-state index in [1.807, 2.05) is 0 Å². The molecule has 2 aromatic heterocycles. The molecule has 0 amide bonds. The predicted octanol–water partition coefficient (Wildman–Crippen LogP) is 16.7. The van der Waals surface area contributed by atoms with Crippen molar-refractivity contribution in [3.05, 3.63) is 236 Å². The molecule has 308 valence electrons. The molecule has 13 rings (SSSR count). The molecule has 0 saturated heterocycles. The molecule has 11 aromatic rings. The number of allylic oxidation sites excluding steroid dienone is 3. The fourth-order valence-corrected chi connectivity index (χ4v) is 10.8. The van der Waals surface area contributed by atoms with E-state index < -0.39 is 0 Å². The molecule has 0 saturated carbocycles. The molecule has 3 nitrogen and oxygen atoms in total. The number of aromatic nitrogens is 1. The normalized spacial score (nSPS) is 15.7. The summed E-state index contributed by atoms with van der Waals surface area (Å²) >= 11 is 0. The van der Waals surface area contributed by atoms with Gasteiger partial charge < -0.3 is 13.9 Å². The van der Waals surface area contributed by atoms with Gasteiger partial charge in [0.15, 0.2) is 0 Å². The molecule has 0 aliphatic heterocycles. The standard InChI is InChI=1S/C62H44N2O/c1-2-17-46-40-61-55(39-45(46)16-1)54-25-14-24-53(62(54)65-61)52-22-7-8-26-56(52)63(59-29-11-12-30-60(59)64-57-27-9-5-20-50(57)51-21-6-10-28-58(51)64)47-37-35-42(36-38-47)41-31-33-44(34-32-41)49-23-13-18-43-15-3-4-19-48(43)49/h1-3,5-18,20-40,59-60H,4,19H2. The fourth-order valence-electron chi connectivity index (χ4n) is 10.8. The number of furan rings is 1. The van der Waals surface area contributed by atoms with Crippen LogP contribution in [0, 0.1) is 0 Å². The van der Waals surface area contributed by atoms with E-state index in [1.165, 1.54) is 66.0 Å². The first-order chi connectivity index (χ1) is 32.2. The third kappa shape index (κ3) is 6.19. The summed E-state index contributed by atoms with van der Waals surface area (Å²) in [5.74, 6) is 0. The Kier molecular flexibility index (Phi) is 8.80. The van der Waals surface area contributed by atoms with Crippen molar-refractivity contribution in [1.82, 2.24) is 4.57 Å². The van der Waals surface area contributed by atoms with Crippen molar-refractivity contribution >= 4 is 72.0 Å². The van der Waals surface area contributed by atoms with Crippen LogP contribution >= 0.6 is 0 Å². The number of hydrogen-bond acceptors (Lipinski definition) is 2. The average molecular weight is 833 g/mol. The van der Waals surface area contributed by atoms with Gasteiger partial charge in [-0.15, -0.1) is 0 Å². The molecule has 0 N–H and O–H groups in total. The number of benzene rings is 9. The predicted molar refractivity (Wildman–Crippen MR) is 274 cm³/mol. The molecule has 0 radical (unpaired) electrons. The number of anilines is 2. The number of para-hydroxylation sites is 4. The van der Waals surface area contributed by atoms with E-state index in [4.69, 9.17) is 4.42 Å². The van der Waals surface area contributed by atoms with E-state index in [0.717, 1.165) is 57.3 Å². The topological polar surface area (TPSA) is 21.3 Å². The van der Waals surface area contributed by atoms with Crippen molar-refractivity contribution in [2.24, 2.45) is 0 Å². The summed E-state index contributed by atoms with van der Waals surface area (Å²) in [5.41, 5.74) is 16.4. The lowest BCUT2D eigenvalue weighted by Crippen LogP contribution is -2.38. The number of rotatable bonds is 7. The first-order valence-electron chi connectivity index (χ1n) is 22.8. The summed E-state index contributed by atoms with van der Waals surface area (Å²) < 4.78 is 9.43. The quantitative estimate of drug-likeness (QED) is 0.160. The minimum Gasteiger partial charge on any atom is -0.455 e. The van der Waals surface area contributed by atoms with Gasteiger partial charge in [0.2, 0.25) is 0 Å². The van der Waals surface area contributed by atoms with Crippen molar-refractivity contribution in [2.45, 2.75) is 24.9 Å². The zero-order valence-electron chi connectivity index (χ0n) is 35.8. The highest BCUT2D eigenvalue weighted by Gasteiger charge is 2.32. The maximum atomic E-state index is 6.89. The average Bonchev–Trinajstić information content (AvgIpc) is 3.91. The van der Waals surface area contributed by atoms with Gasteiger partial charge in [0, 0.05) is 55.1 Å². The summed E-state index contributed by atoms with van der Waals surface area (Å²) in [5, 5.41) is 7.16. The highest BCUT2D eigenvalue weighted by Crippen LogP contribution is 2.46. The molecular formula is C62H44N2O. The maximum Gasteiger partial charge on any atom is 0.143 e. The van der Waals surface area contributed by atoms with Crippen molar-refractivity contribution in [3.63, 3.8) is 0 Å². The SMILES string of the molecule is C1=CC(N(c2ccc(-c3ccc(-c4cccc5c4CCC=C5)cc3)cc2)c2ccccc2-c2cccc3c2oc2cc4ccccc4cc23)C(n2c3ccccc3c3ccccc32)C=C1. The Labute approximate surface area is 378 Å². The molecule has 65 heavy (non-hydrogen) atoms. The molecule has 2 aliphatic rings. The van der Waals surface area contributed by atoms with E-state index in [2.05, 4.69) is 240 Å². The van der Waals surface area contributed by atoms with Crippen LogP contribution in [0.3, 0.4) is 0 Å². The Hall–Kier alpha value is -8.14. The van der Waals surface area contributed by atoms with Crippen LogP contribution in [0.2, 0.25) is 0 Å². The lowest BCUT2D eigenvalue weighted by atomic mass is 9.89. The summed E-state index contributed by atoms with van der Waals surface area (Å²) in [7, 11) is 0. The van der Waals surface area contributed by atoms with E-state index >= 15 is 0 Å². The third-order valence-corrected chi connectivity index (χ3v) is 13.9. The van der Waals surface area contributed by atoms with Crippen molar-refractivity contribution in [1.29, 1.82) is 0 Å². The Morgan fingerprint density at radius 3 is 1.91 bits per heavy atom. The zero-order valence-corrected chi connectivity index (χ0v) is 35.8. The van der Waals surface area contributed by atoms with Gasteiger partial charge in [-0.2, -0.15) is 0 Å². The van der Waals surface area contributed by atoms with Crippen LogP contribution in [-0.4, -0.2) is 10.6 Å². The largest absolute Gasteiger partial charge is 0.455 e. The highest BCUT2D eigenvalue weighted by atomic mass is 16.3. The summed E-state index contributed by atoms with van der Waals surface area (Å²) in [6.45, 7) is 0. The lowest BCUT2D eigenvalue weighted by molar-refractivity contribution is 0.559. The number of hydrogen-bond donors (Lipinski definition) is 0. The smallest absolute Gasteiger partial charge is 0.143 e. The molecule has 0 spiro atoms. The van der Waals surface area contributed by atoms with Crippen LogP contribution in [0.5, 0.6) is 0 Å². The number of fused-ring (bicyclic) bond motifs is 8. The lowest BCUT2D eigenvalue weighted by Gasteiger charge is -2.39. The first-order valence-corrected chi connectivity index (χ1v) is 22.8. The molecule has 0 bridgehead atoms. The molecule has 2 aliphatic carbocycles. The van der Waals surface area contributed by atoms with Gasteiger partial charge in [-0.3, -0.25) is 0 Å². The van der Waals surface area contributed by atoms with Gasteiger partial charge in [-0.05, 0) is 99.5 Å². The summed E-state index contributed by atoms with van der Waals surface area (Å²) in [4.78, 5) is 2.55. The third-order valence-electron chi connectivity index (χ3n) is 13.9. The monoisotopic (exact) mass is 832 g/mol. The van der Waals surface area contributed by atoms with E-state index in [1.54, 1.807) is 0 Å². The van der Waals surface area contributed by atoms with Gasteiger partial charge in [0.1, 0.15) is 11.2 Å². The minimum absolute atomic E-state index is 0.0290. The molecule has 0 fully saturated rings. The number of nitrogens with zero attached hydrogens (tertiary/aromatic N) is 2. The van der Waals surface area contributed by atoms with Crippen molar-refractivity contribution in [3.8, 4) is 33.4 Å². The second kappa shape index (κ2) is 15.3. The maximum absolute atomic E-state index is 6.89. The summed E-state index contributed by atoms with van der Waals surface area (Å²) in [6, 6.07) is 71.0. The molecule has 9 aromatic carbocycles. The van der Waals surface area contributed by atoms with Crippen LogP contribution in [-0.2, 0) is 6.42 Å². The second-order valence-corrected chi connectivity index (χ2v) is 17.5. The Morgan fingerprint density at radius 2 is 1.11 bits per heavy atom. The van der Waals surface area contributed by atoms with Crippen LogP contribution in [0.4, 0.5) is 11.4 Å². The van der Waals surface area contributed by atoms with Gasteiger partial charge >= 0.3 is 0 Å². The van der Waals surface area contributed by atoms with Crippen LogP contribution in [0.1, 0.15) is 23.6 Å². The Morgan fingerprint density at radius 1 is 0.492 bits per heavy atom. The molecule has 2 atom stereocenters. The second-order valence-electron chi connectivity index (χ2n) is 17.5. The minimum atomic E-state index is -0.0858. The van der Waals surface area contributed by atoms with Gasteiger partial charge in [-0.25, -0.2) is 0 Å². The van der Waals surface area contributed by atoms with Crippen LogP contribution in [0.15, 0.2) is 229 Å². The van der Waals surface area contributed by atoms with E-state index in [9.17, 15) is 0 Å². The van der Waals surface area contributed by atoms with E-state index in [-0.39, 0.29) is 12.1 Å². The zero-order chi connectivity index (χ0) is 42.8. The van der Waals surface area contributed by atoms with E-state index in [0.29, 0.717) is 0 Å². The van der Waals surface area contributed by atoms with Crippen molar-refractivity contribution in [2.75, 3.05) is 4.90 Å². The Bertz CT molecular complexity index is 3680. The molecule has 2 unspecified atom stereocenters. The first kappa shape index (κ1) is 37.4. The summed E-state index contributed by atoms with van der Waals surface area (Å²) in [6.07, 6.45) is 15.9.